The van der Waals surface area contributed by atoms with E-state index in [0.717, 1.165) is 41.3 Å². The Labute approximate surface area is 200 Å². The Kier molecular flexibility index (Phi) is 9.72. The molecule has 158 valence electrons. The van der Waals surface area contributed by atoms with Crippen molar-refractivity contribution < 1.29 is 44.3 Å². The van der Waals surface area contributed by atoms with E-state index < -0.39 is 11.6 Å². The van der Waals surface area contributed by atoms with Crippen molar-refractivity contribution in [3.8, 4) is 11.3 Å². The third kappa shape index (κ3) is 5.71. The maximum absolute atomic E-state index is 14.2. The van der Waals surface area contributed by atoms with Crippen LogP contribution < -0.4 is 0 Å². The van der Waals surface area contributed by atoms with Crippen LogP contribution in [-0.4, -0.2) is 4.98 Å². The number of allylic oxidation sites excluding steroid dienone is 2. The second kappa shape index (κ2) is 11.1. The second-order valence-corrected chi connectivity index (χ2v) is 7.55. The van der Waals surface area contributed by atoms with Gasteiger partial charge < -0.3 is 12.4 Å². The molecule has 1 nitrogen and oxygen atoms in total. The fourth-order valence-electron chi connectivity index (χ4n) is 3.65. The van der Waals surface area contributed by atoms with Crippen molar-refractivity contribution in [3.05, 3.63) is 91.6 Å². The zero-order chi connectivity index (χ0) is 20.4. The number of benzene rings is 2. The van der Waals surface area contributed by atoms with Crippen molar-refractivity contribution in [2.24, 2.45) is 5.92 Å². The fourth-order valence-corrected chi connectivity index (χ4v) is 3.65. The summed E-state index contributed by atoms with van der Waals surface area (Å²) in [5, 5.41) is 0.596. The molecule has 1 N–H and O–H groups in total. The maximum Gasteiger partial charge on any atom is 0.150 e. The van der Waals surface area contributed by atoms with Gasteiger partial charge in [0.15, 0.2) is 0 Å². The second-order valence-electron chi connectivity index (χ2n) is 7.55. The van der Waals surface area contributed by atoms with Crippen LogP contribution in [0.5, 0.6) is 0 Å². The minimum Gasteiger partial charge on any atom is -0.358 e. The normalized spacial score (nSPS) is 17.0. The number of aromatic amines is 1. The molecule has 30 heavy (non-hydrogen) atoms. The summed E-state index contributed by atoms with van der Waals surface area (Å²) in [6.45, 7) is 11.1. The SMILES string of the molecule is C=CC(=C)C.CC1CC(c2c(-c3ccc(F)cc3)[nH]c3c(F)cc(F)cc23)C1.[CH3-].[U]. The predicted molar refractivity (Wildman–Crippen MR) is 116 cm³/mol. The van der Waals surface area contributed by atoms with Gasteiger partial charge in [0.2, 0.25) is 0 Å². The molecule has 1 heterocycles. The van der Waals surface area contributed by atoms with E-state index in [0.29, 0.717) is 16.8 Å². The Morgan fingerprint density at radius 3 is 2.13 bits per heavy atom. The smallest absolute Gasteiger partial charge is 0.150 e. The molecule has 0 saturated heterocycles. The number of hydrogen-bond donors (Lipinski definition) is 1. The van der Waals surface area contributed by atoms with Crippen molar-refractivity contribution in [1.29, 1.82) is 0 Å². The molecule has 1 aliphatic carbocycles. The molecule has 0 unspecified atom stereocenters. The van der Waals surface area contributed by atoms with Crippen LogP contribution in [0.15, 0.2) is 61.2 Å². The molecule has 0 radical (unpaired) electrons. The predicted octanol–water partition coefficient (Wildman–Crippen LogP) is 7.96. The van der Waals surface area contributed by atoms with E-state index in [1.165, 1.54) is 18.2 Å². The number of H-pyrrole nitrogens is 1. The largest absolute Gasteiger partial charge is 0.358 e. The van der Waals surface area contributed by atoms with Gasteiger partial charge in [0, 0.05) is 42.6 Å². The Hall–Kier alpha value is -1.70. The molecule has 0 amide bonds. The Bertz CT molecular complexity index is 1020. The van der Waals surface area contributed by atoms with Crippen LogP contribution >= 0.6 is 0 Å². The van der Waals surface area contributed by atoms with E-state index in [-0.39, 0.29) is 50.3 Å². The average molecular weight is 637 g/mol. The molecule has 0 aliphatic heterocycles. The molecule has 4 rings (SSSR count). The molecule has 1 aromatic heterocycles. The van der Waals surface area contributed by atoms with E-state index in [1.807, 2.05) is 6.92 Å². The average Bonchev–Trinajstić information content (AvgIpc) is 2.99. The summed E-state index contributed by atoms with van der Waals surface area (Å²) < 4.78 is 41.0. The summed E-state index contributed by atoms with van der Waals surface area (Å²) in [4.78, 5) is 3.10. The van der Waals surface area contributed by atoms with Crippen LogP contribution in [0.25, 0.3) is 22.2 Å². The van der Waals surface area contributed by atoms with E-state index in [1.54, 1.807) is 18.2 Å². The number of nitrogens with one attached hydrogen (secondary N) is 1. The first-order chi connectivity index (χ1) is 13.3. The van der Waals surface area contributed by atoms with Gasteiger partial charge in [-0.05, 0) is 73.1 Å². The van der Waals surface area contributed by atoms with Gasteiger partial charge in [-0.2, -0.15) is 0 Å². The first-order valence-electron chi connectivity index (χ1n) is 9.34. The number of aromatic nitrogens is 1. The molecule has 0 bridgehead atoms. The van der Waals surface area contributed by atoms with Crippen LogP contribution in [0.4, 0.5) is 13.2 Å². The van der Waals surface area contributed by atoms with Crippen molar-refractivity contribution in [1.82, 2.24) is 4.98 Å². The summed E-state index contributed by atoms with van der Waals surface area (Å²) >= 11 is 0. The number of rotatable bonds is 3. The molecule has 1 aliphatic rings. The molecule has 5 heteroatoms. The van der Waals surface area contributed by atoms with Crippen molar-refractivity contribution in [2.45, 2.75) is 32.6 Å². The fraction of sp³-hybridized carbons (Fsp3) is 0.240. The molecular weight excluding hydrogens is 609 g/mol. The quantitative estimate of drug-likeness (QED) is 0.222. The van der Waals surface area contributed by atoms with Gasteiger partial charge in [-0.15, -0.1) is 0 Å². The van der Waals surface area contributed by atoms with Gasteiger partial charge in [-0.25, -0.2) is 13.2 Å². The monoisotopic (exact) mass is 636 g/mol. The number of fused-ring (bicyclic) bond motifs is 1. The topological polar surface area (TPSA) is 15.8 Å². The van der Waals surface area contributed by atoms with Crippen LogP contribution in [-0.2, 0) is 0 Å². The molecule has 2 aromatic carbocycles. The summed E-state index contributed by atoms with van der Waals surface area (Å²) in [6, 6.07) is 8.37. The van der Waals surface area contributed by atoms with Gasteiger partial charge in [-0.1, -0.05) is 31.7 Å². The van der Waals surface area contributed by atoms with Crippen LogP contribution in [0, 0.1) is 61.9 Å². The van der Waals surface area contributed by atoms with Crippen molar-refractivity contribution in [3.63, 3.8) is 0 Å². The van der Waals surface area contributed by atoms with Gasteiger partial charge in [0.25, 0.3) is 0 Å². The maximum atomic E-state index is 14.2. The molecule has 0 spiro atoms. The number of halogens is 3. The third-order valence-electron chi connectivity index (χ3n) is 5.13. The van der Waals surface area contributed by atoms with Gasteiger partial charge in [0.05, 0.1) is 11.2 Å². The summed E-state index contributed by atoms with van der Waals surface area (Å²) in [7, 11) is 0. The Balaban J connectivity index is 0.000000581. The Morgan fingerprint density at radius 1 is 1.07 bits per heavy atom. The van der Waals surface area contributed by atoms with E-state index in [2.05, 4.69) is 25.1 Å². The molecule has 1 fully saturated rings. The van der Waals surface area contributed by atoms with E-state index in [4.69, 9.17) is 0 Å². The van der Waals surface area contributed by atoms with Crippen LogP contribution in [0.3, 0.4) is 0 Å². The van der Waals surface area contributed by atoms with E-state index in [9.17, 15) is 13.2 Å². The summed E-state index contributed by atoms with van der Waals surface area (Å²) in [5.41, 5.74) is 3.84. The van der Waals surface area contributed by atoms with Gasteiger partial charge >= 0.3 is 0 Å². The van der Waals surface area contributed by atoms with Crippen LogP contribution in [0.1, 0.15) is 38.2 Å². The van der Waals surface area contributed by atoms with Crippen molar-refractivity contribution in [2.75, 3.05) is 0 Å². The zero-order valence-corrected chi connectivity index (χ0v) is 21.8. The number of hydrogen-bond acceptors (Lipinski definition) is 0. The van der Waals surface area contributed by atoms with E-state index >= 15 is 0 Å². The van der Waals surface area contributed by atoms with Crippen molar-refractivity contribution >= 4 is 10.9 Å². The Morgan fingerprint density at radius 2 is 1.63 bits per heavy atom. The van der Waals surface area contributed by atoms with Gasteiger partial charge in [0.1, 0.15) is 17.5 Å². The molecule has 0 atom stereocenters. The third-order valence-corrected chi connectivity index (χ3v) is 5.13. The minimum atomic E-state index is -0.595. The summed E-state index contributed by atoms with van der Waals surface area (Å²) in [5.74, 6) is -0.597. The van der Waals surface area contributed by atoms with Crippen LogP contribution in [0.2, 0.25) is 0 Å². The summed E-state index contributed by atoms with van der Waals surface area (Å²) in [6.07, 6.45) is 3.72. The molecule has 3 aromatic rings. The molecule has 1 saturated carbocycles. The first-order valence-corrected chi connectivity index (χ1v) is 9.34. The molecular formula is C25H27F3NU-. The minimum absolute atomic E-state index is 0. The first kappa shape index (κ1) is 26.3. The zero-order valence-electron chi connectivity index (χ0n) is 17.7. The standard InChI is InChI=1S/C19H16F3N.C5H8.CH3.U/c1-10-6-12(7-10)17-15-8-14(21)9-16(22)19(15)23-18(17)11-2-4-13(20)5-3-11;1-4-5(2)3;;/h2-5,8-10,12,23H,6-7H2,1H3;4H,1-2H2,3H3;1H3;/q;;-1;. The van der Waals surface area contributed by atoms with Gasteiger partial charge in [-0.3, -0.25) is 0 Å².